The van der Waals surface area contributed by atoms with Gasteiger partial charge in [-0.3, -0.25) is 4.79 Å². The van der Waals surface area contributed by atoms with E-state index in [1.165, 1.54) is 0 Å². The van der Waals surface area contributed by atoms with Crippen LogP contribution in [0.5, 0.6) is 0 Å². The Hall–Kier alpha value is -1.40. The molecule has 7 heteroatoms. The van der Waals surface area contributed by atoms with Gasteiger partial charge in [0.05, 0.1) is 6.04 Å². The van der Waals surface area contributed by atoms with Gasteiger partial charge in [0.1, 0.15) is 12.1 Å². The molecule has 1 fully saturated rings. The van der Waals surface area contributed by atoms with Crippen molar-refractivity contribution in [3.05, 3.63) is 18.1 Å². The van der Waals surface area contributed by atoms with Crippen LogP contribution in [-0.2, 0) is 11.2 Å². The summed E-state index contributed by atoms with van der Waals surface area (Å²) < 4.78 is 0. The van der Waals surface area contributed by atoms with Crippen molar-refractivity contribution in [2.45, 2.75) is 45.2 Å². The molecule has 3 N–H and O–H groups in total. The maximum absolute atomic E-state index is 11.7. The van der Waals surface area contributed by atoms with Gasteiger partial charge in [-0.1, -0.05) is 6.92 Å². The molecule has 1 saturated heterocycles. The molecule has 0 bridgehead atoms. The second kappa shape index (κ2) is 8.14. The molecule has 0 radical (unpaired) electrons. The molecule has 21 heavy (non-hydrogen) atoms. The fourth-order valence-corrected chi connectivity index (χ4v) is 2.39. The zero-order valence-electron chi connectivity index (χ0n) is 12.6. The van der Waals surface area contributed by atoms with E-state index in [1.807, 2.05) is 6.07 Å². The van der Waals surface area contributed by atoms with Gasteiger partial charge in [-0.2, -0.15) is 0 Å². The summed E-state index contributed by atoms with van der Waals surface area (Å²) in [6.45, 7) is 5.52. The summed E-state index contributed by atoms with van der Waals surface area (Å²) in [6.07, 6.45) is 4.53. The first-order chi connectivity index (χ1) is 9.60. The van der Waals surface area contributed by atoms with Gasteiger partial charge in [-0.05, 0) is 26.2 Å². The number of carbonyl (C=O) groups excluding carboxylic acids is 1. The topological polar surface area (TPSA) is 84.1 Å². The second-order valence-corrected chi connectivity index (χ2v) is 5.30. The highest BCUT2D eigenvalue weighted by atomic mass is 35.5. The quantitative estimate of drug-likeness (QED) is 0.862. The van der Waals surface area contributed by atoms with Crippen molar-refractivity contribution in [3.8, 4) is 0 Å². The molecular formula is C14H24ClN5O. The SMILES string of the molecule is CCc1cc(N2CCCC(NC(=O)[C@@H](C)N)C2)ncn1.Cl. The fraction of sp³-hybridized carbons (Fsp3) is 0.643. The highest BCUT2D eigenvalue weighted by molar-refractivity contribution is 5.85. The van der Waals surface area contributed by atoms with Gasteiger partial charge in [0, 0.05) is 30.9 Å². The second-order valence-electron chi connectivity index (χ2n) is 5.30. The van der Waals surface area contributed by atoms with Crippen LogP contribution in [0, 0.1) is 0 Å². The van der Waals surface area contributed by atoms with Gasteiger partial charge in [-0.15, -0.1) is 12.4 Å². The third-order valence-electron chi connectivity index (χ3n) is 3.58. The Kier molecular flexibility index (Phi) is 6.84. The molecular weight excluding hydrogens is 290 g/mol. The monoisotopic (exact) mass is 313 g/mol. The number of aromatic nitrogens is 2. The van der Waals surface area contributed by atoms with Gasteiger partial charge in [0.15, 0.2) is 0 Å². The molecule has 2 rings (SSSR count). The minimum absolute atomic E-state index is 0. The molecule has 2 atom stereocenters. The lowest BCUT2D eigenvalue weighted by atomic mass is 10.1. The highest BCUT2D eigenvalue weighted by Crippen LogP contribution is 2.18. The summed E-state index contributed by atoms with van der Waals surface area (Å²) in [5, 5.41) is 3.00. The zero-order chi connectivity index (χ0) is 14.5. The molecule has 0 aromatic carbocycles. The Morgan fingerprint density at radius 2 is 2.33 bits per heavy atom. The first-order valence-corrected chi connectivity index (χ1v) is 7.22. The number of nitrogens with two attached hydrogens (primary N) is 1. The van der Waals surface area contributed by atoms with Gasteiger partial charge >= 0.3 is 0 Å². The minimum Gasteiger partial charge on any atom is -0.354 e. The smallest absolute Gasteiger partial charge is 0.236 e. The number of carbonyl (C=O) groups is 1. The van der Waals surface area contributed by atoms with Crippen LogP contribution in [0.15, 0.2) is 12.4 Å². The van der Waals surface area contributed by atoms with Crippen molar-refractivity contribution in [2.24, 2.45) is 5.73 Å². The van der Waals surface area contributed by atoms with E-state index < -0.39 is 6.04 Å². The van der Waals surface area contributed by atoms with E-state index >= 15 is 0 Å². The summed E-state index contributed by atoms with van der Waals surface area (Å²) in [4.78, 5) is 22.4. The standard InChI is InChI=1S/C14H23N5O.ClH/c1-3-11-7-13(17-9-16-11)19-6-4-5-12(8-19)18-14(20)10(2)15;/h7,9-10,12H,3-6,8,15H2,1-2H3,(H,18,20);1H/t10-,12?;/m1./s1. The maximum atomic E-state index is 11.7. The van der Waals surface area contributed by atoms with Crippen LogP contribution in [0.3, 0.4) is 0 Å². The Labute approximate surface area is 131 Å². The number of anilines is 1. The van der Waals surface area contributed by atoms with Gasteiger partial charge in [0.25, 0.3) is 0 Å². The molecule has 118 valence electrons. The molecule has 1 aromatic heterocycles. The van der Waals surface area contributed by atoms with E-state index in [0.717, 1.165) is 43.9 Å². The lowest BCUT2D eigenvalue weighted by molar-refractivity contribution is -0.122. The number of halogens is 1. The van der Waals surface area contributed by atoms with Crippen molar-refractivity contribution in [3.63, 3.8) is 0 Å². The highest BCUT2D eigenvalue weighted by Gasteiger charge is 2.23. The zero-order valence-corrected chi connectivity index (χ0v) is 13.4. The number of nitrogens with zero attached hydrogens (tertiary/aromatic N) is 3. The molecule has 1 unspecified atom stereocenters. The van der Waals surface area contributed by atoms with Crippen molar-refractivity contribution >= 4 is 24.1 Å². The molecule has 0 saturated carbocycles. The Balaban J connectivity index is 0.00000220. The first-order valence-electron chi connectivity index (χ1n) is 7.22. The molecule has 1 aromatic rings. The fourth-order valence-electron chi connectivity index (χ4n) is 2.39. The van der Waals surface area contributed by atoms with Crippen LogP contribution < -0.4 is 16.0 Å². The summed E-state index contributed by atoms with van der Waals surface area (Å²) in [5.41, 5.74) is 6.63. The van der Waals surface area contributed by atoms with E-state index in [1.54, 1.807) is 13.3 Å². The number of hydrogen-bond acceptors (Lipinski definition) is 5. The lowest BCUT2D eigenvalue weighted by Gasteiger charge is -2.34. The molecule has 2 heterocycles. The number of rotatable bonds is 4. The number of piperidine rings is 1. The Morgan fingerprint density at radius 1 is 1.57 bits per heavy atom. The molecule has 1 aliphatic rings. The third-order valence-corrected chi connectivity index (χ3v) is 3.58. The lowest BCUT2D eigenvalue weighted by Crippen LogP contribution is -2.51. The summed E-state index contributed by atoms with van der Waals surface area (Å²) in [5.74, 6) is 0.852. The predicted octanol–water partition coefficient (Wildman–Crippen LogP) is 0.893. The molecule has 6 nitrogen and oxygen atoms in total. The number of aryl methyl sites for hydroxylation is 1. The third kappa shape index (κ3) is 4.82. The van der Waals surface area contributed by atoms with Crippen LogP contribution in [0.2, 0.25) is 0 Å². The molecule has 1 aliphatic heterocycles. The van der Waals surface area contributed by atoms with E-state index in [0.29, 0.717) is 0 Å². The van der Waals surface area contributed by atoms with Gasteiger partial charge in [-0.25, -0.2) is 9.97 Å². The maximum Gasteiger partial charge on any atom is 0.236 e. The summed E-state index contributed by atoms with van der Waals surface area (Å²) in [7, 11) is 0. The predicted molar refractivity (Wildman–Crippen MR) is 85.7 cm³/mol. The van der Waals surface area contributed by atoms with E-state index in [-0.39, 0.29) is 24.4 Å². The Bertz CT molecular complexity index is 468. The van der Waals surface area contributed by atoms with E-state index in [4.69, 9.17) is 5.73 Å². The number of nitrogens with one attached hydrogen (secondary N) is 1. The van der Waals surface area contributed by atoms with Crippen LogP contribution in [0.25, 0.3) is 0 Å². The summed E-state index contributed by atoms with van der Waals surface area (Å²) >= 11 is 0. The first kappa shape index (κ1) is 17.7. The molecule has 0 spiro atoms. The average molecular weight is 314 g/mol. The van der Waals surface area contributed by atoms with Crippen LogP contribution >= 0.6 is 12.4 Å². The number of amides is 1. The van der Waals surface area contributed by atoms with E-state index in [2.05, 4.69) is 27.1 Å². The number of hydrogen-bond donors (Lipinski definition) is 2. The van der Waals surface area contributed by atoms with Crippen LogP contribution in [0.1, 0.15) is 32.4 Å². The van der Waals surface area contributed by atoms with Crippen molar-refractivity contribution < 1.29 is 4.79 Å². The van der Waals surface area contributed by atoms with Crippen LogP contribution in [0.4, 0.5) is 5.82 Å². The minimum atomic E-state index is -0.462. The van der Waals surface area contributed by atoms with E-state index in [9.17, 15) is 4.79 Å². The summed E-state index contributed by atoms with van der Waals surface area (Å²) in [6, 6.07) is 1.70. The largest absolute Gasteiger partial charge is 0.354 e. The Morgan fingerprint density at radius 3 is 3.00 bits per heavy atom. The molecule has 0 aliphatic carbocycles. The van der Waals surface area contributed by atoms with Crippen LogP contribution in [-0.4, -0.2) is 41.0 Å². The van der Waals surface area contributed by atoms with Gasteiger partial charge < -0.3 is 16.0 Å². The average Bonchev–Trinajstić information content (AvgIpc) is 2.47. The molecule has 1 amide bonds. The van der Waals surface area contributed by atoms with Crippen molar-refractivity contribution in [2.75, 3.05) is 18.0 Å². The van der Waals surface area contributed by atoms with Gasteiger partial charge in [0.2, 0.25) is 5.91 Å². The van der Waals surface area contributed by atoms with Crippen molar-refractivity contribution in [1.82, 2.24) is 15.3 Å². The van der Waals surface area contributed by atoms with Crippen molar-refractivity contribution in [1.29, 1.82) is 0 Å². The normalized spacial score (nSPS) is 19.6.